The van der Waals surface area contributed by atoms with Crippen LogP contribution in [0.4, 0.5) is 0 Å². The Bertz CT molecular complexity index is 1080. The van der Waals surface area contributed by atoms with Gasteiger partial charge in [0.15, 0.2) is 8.68 Å². The van der Waals surface area contributed by atoms with Crippen molar-refractivity contribution >= 4 is 59.1 Å². The zero-order chi connectivity index (χ0) is 23.5. The van der Waals surface area contributed by atoms with Gasteiger partial charge in [-0.05, 0) is 24.3 Å². The number of benzene rings is 2. The summed E-state index contributed by atoms with van der Waals surface area (Å²) in [5.41, 5.74) is 5.74. The third kappa shape index (κ3) is 8.21. The number of nitrogens with zero attached hydrogens (tertiary/aromatic N) is 4. The number of phenolic OH excluding ortho intramolecular Hbond substituents is 2. The number of para-hydroxylation sites is 2. The molecule has 0 saturated carbocycles. The highest BCUT2D eigenvalue weighted by Gasteiger charge is 2.10. The van der Waals surface area contributed by atoms with Gasteiger partial charge in [0.2, 0.25) is 0 Å². The van der Waals surface area contributed by atoms with E-state index in [9.17, 15) is 19.8 Å². The number of hydrogen-bond acceptors (Lipinski definition) is 11. The van der Waals surface area contributed by atoms with E-state index in [2.05, 4.69) is 31.3 Å². The second-order valence-corrected chi connectivity index (χ2v) is 9.54. The summed E-state index contributed by atoms with van der Waals surface area (Å²) in [6.45, 7) is 0. The highest BCUT2D eigenvalue weighted by molar-refractivity contribution is 8.03. The number of aromatic nitrogens is 2. The van der Waals surface area contributed by atoms with Crippen LogP contribution in [0.5, 0.6) is 11.5 Å². The quantitative estimate of drug-likeness (QED) is 0.188. The van der Waals surface area contributed by atoms with Gasteiger partial charge in [0.25, 0.3) is 11.8 Å². The molecular weight excluding hydrogens is 484 g/mol. The van der Waals surface area contributed by atoms with Gasteiger partial charge in [-0.25, -0.2) is 10.9 Å². The number of carbonyl (C=O) groups is 2. The first-order valence-electron chi connectivity index (χ1n) is 9.30. The summed E-state index contributed by atoms with van der Waals surface area (Å²) < 4.78 is 1.16. The highest BCUT2D eigenvalue weighted by atomic mass is 32.2. The number of amides is 2. The number of rotatable bonds is 10. The summed E-state index contributed by atoms with van der Waals surface area (Å²) in [7, 11) is 0. The van der Waals surface area contributed by atoms with E-state index in [0.29, 0.717) is 19.8 Å². The first kappa shape index (κ1) is 24.2. The molecule has 0 radical (unpaired) electrons. The predicted molar refractivity (Wildman–Crippen MR) is 129 cm³/mol. The molecule has 0 aliphatic heterocycles. The maximum Gasteiger partial charge on any atom is 0.250 e. The zero-order valence-corrected chi connectivity index (χ0v) is 19.4. The fourth-order valence-corrected chi connectivity index (χ4v) is 4.78. The first-order chi connectivity index (χ1) is 16.0. The number of hydrogen-bond donors (Lipinski definition) is 4. The van der Waals surface area contributed by atoms with E-state index < -0.39 is 0 Å². The maximum atomic E-state index is 11.9. The van der Waals surface area contributed by atoms with Crippen LogP contribution in [-0.4, -0.2) is 56.2 Å². The van der Waals surface area contributed by atoms with Crippen LogP contribution < -0.4 is 10.9 Å². The van der Waals surface area contributed by atoms with Gasteiger partial charge in [0, 0.05) is 11.1 Å². The number of hydrazone groups is 2. The summed E-state index contributed by atoms with van der Waals surface area (Å²) in [5, 5.41) is 34.9. The fraction of sp³-hybridized carbons (Fsp3) is 0.100. The summed E-state index contributed by atoms with van der Waals surface area (Å²) >= 11 is 3.65. The molecule has 33 heavy (non-hydrogen) atoms. The van der Waals surface area contributed by atoms with Crippen LogP contribution in [0.15, 0.2) is 67.4 Å². The molecule has 1 aromatic heterocycles. The van der Waals surface area contributed by atoms with E-state index in [4.69, 9.17) is 0 Å². The summed E-state index contributed by atoms with van der Waals surface area (Å²) in [6.07, 6.45) is 2.71. The normalized spacial score (nSPS) is 11.2. The van der Waals surface area contributed by atoms with E-state index >= 15 is 0 Å². The van der Waals surface area contributed by atoms with Crippen molar-refractivity contribution in [2.75, 3.05) is 11.5 Å². The van der Waals surface area contributed by atoms with Crippen LogP contribution in [0.3, 0.4) is 0 Å². The molecule has 0 unspecified atom stereocenters. The van der Waals surface area contributed by atoms with Crippen LogP contribution in [0.25, 0.3) is 0 Å². The van der Waals surface area contributed by atoms with Crippen molar-refractivity contribution in [1.29, 1.82) is 0 Å². The van der Waals surface area contributed by atoms with E-state index in [0.717, 1.165) is 0 Å². The monoisotopic (exact) mass is 502 g/mol. The van der Waals surface area contributed by atoms with Crippen molar-refractivity contribution < 1.29 is 19.8 Å². The van der Waals surface area contributed by atoms with Gasteiger partial charge in [-0.2, -0.15) is 10.2 Å². The molecule has 13 heteroatoms. The lowest BCUT2D eigenvalue weighted by Gasteiger charge is -1.99. The lowest BCUT2D eigenvalue weighted by molar-refractivity contribution is -0.119. The molecule has 0 aliphatic carbocycles. The molecular formula is C20H18N6O4S3. The Morgan fingerprint density at radius 3 is 1.67 bits per heavy atom. The number of carbonyl (C=O) groups excluding carboxylic acids is 2. The second-order valence-electron chi connectivity index (χ2n) is 6.12. The molecule has 0 atom stereocenters. The van der Waals surface area contributed by atoms with Gasteiger partial charge in [0.1, 0.15) is 11.5 Å². The van der Waals surface area contributed by atoms with E-state index in [-0.39, 0.29) is 34.8 Å². The molecule has 0 bridgehead atoms. The Hall–Kier alpha value is -3.42. The molecule has 2 amide bonds. The van der Waals surface area contributed by atoms with Crippen molar-refractivity contribution in [3.63, 3.8) is 0 Å². The molecule has 0 saturated heterocycles. The average Bonchev–Trinajstić information content (AvgIpc) is 3.27. The minimum Gasteiger partial charge on any atom is -0.507 e. The molecule has 2 aromatic carbocycles. The fourth-order valence-electron chi connectivity index (χ4n) is 2.17. The average molecular weight is 503 g/mol. The smallest absolute Gasteiger partial charge is 0.250 e. The van der Waals surface area contributed by atoms with E-state index in [1.807, 2.05) is 0 Å². The lowest BCUT2D eigenvalue weighted by atomic mass is 10.2. The molecule has 0 fully saturated rings. The Labute approximate surface area is 201 Å². The van der Waals surface area contributed by atoms with Crippen LogP contribution in [-0.2, 0) is 9.59 Å². The summed E-state index contributed by atoms with van der Waals surface area (Å²) in [6, 6.07) is 13.3. The van der Waals surface area contributed by atoms with Crippen molar-refractivity contribution in [3.8, 4) is 11.5 Å². The first-order valence-corrected chi connectivity index (χ1v) is 12.1. The number of thioether (sulfide) groups is 2. The van der Waals surface area contributed by atoms with Gasteiger partial charge < -0.3 is 10.2 Å². The van der Waals surface area contributed by atoms with E-state index in [1.165, 1.54) is 59.4 Å². The Morgan fingerprint density at radius 2 is 1.24 bits per heavy atom. The van der Waals surface area contributed by atoms with Gasteiger partial charge in [-0.3, -0.25) is 9.59 Å². The van der Waals surface area contributed by atoms with Gasteiger partial charge in [-0.1, -0.05) is 59.1 Å². The molecule has 4 N–H and O–H groups in total. The third-order valence-electron chi connectivity index (χ3n) is 3.70. The van der Waals surface area contributed by atoms with Crippen LogP contribution in [0.2, 0.25) is 0 Å². The Kier molecular flexibility index (Phi) is 9.23. The van der Waals surface area contributed by atoms with Crippen molar-refractivity contribution in [2.24, 2.45) is 10.2 Å². The van der Waals surface area contributed by atoms with Crippen molar-refractivity contribution in [1.82, 2.24) is 21.0 Å². The molecule has 170 valence electrons. The molecule has 10 nitrogen and oxygen atoms in total. The molecule has 3 aromatic rings. The SMILES string of the molecule is O=C(CSc1nnc(SCC(=O)NN=Cc2ccccc2O)s1)NN=Cc1ccccc1O. The zero-order valence-electron chi connectivity index (χ0n) is 16.9. The van der Waals surface area contributed by atoms with Crippen LogP contribution in [0, 0.1) is 0 Å². The predicted octanol–water partition coefficient (Wildman–Crippen LogP) is 2.43. The van der Waals surface area contributed by atoms with Gasteiger partial charge >= 0.3 is 0 Å². The topological polar surface area (TPSA) is 149 Å². The second kappa shape index (κ2) is 12.6. The molecule has 0 spiro atoms. The Balaban J connectivity index is 1.36. The highest BCUT2D eigenvalue weighted by Crippen LogP contribution is 2.28. The van der Waals surface area contributed by atoms with Crippen LogP contribution in [0.1, 0.15) is 11.1 Å². The number of phenols is 2. The third-order valence-corrected chi connectivity index (χ3v) is 6.89. The molecule has 3 rings (SSSR count). The maximum absolute atomic E-state index is 11.9. The number of aromatic hydroxyl groups is 2. The van der Waals surface area contributed by atoms with Crippen LogP contribution >= 0.6 is 34.9 Å². The summed E-state index contributed by atoms with van der Waals surface area (Å²) in [5.74, 6) is -0.368. The summed E-state index contributed by atoms with van der Waals surface area (Å²) in [4.78, 5) is 23.8. The van der Waals surface area contributed by atoms with Gasteiger partial charge in [0.05, 0.1) is 23.9 Å². The van der Waals surface area contributed by atoms with E-state index in [1.54, 1.807) is 36.4 Å². The minimum atomic E-state index is -0.335. The standard InChI is InChI=1S/C20H18N6O4S3/c27-15-7-3-1-5-13(15)9-21-23-17(29)11-31-19-25-26-20(33-19)32-12-18(30)24-22-10-14-6-2-4-8-16(14)28/h1-10,27-28H,11-12H2,(H,23,29)(H,24,30). The largest absolute Gasteiger partial charge is 0.507 e. The number of nitrogens with one attached hydrogen (secondary N) is 2. The van der Waals surface area contributed by atoms with Crippen molar-refractivity contribution in [3.05, 3.63) is 59.7 Å². The molecule has 1 heterocycles. The minimum absolute atomic E-state index is 0.0692. The van der Waals surface area contributed by atoms with Crippen molar-refractivity contribution in [2.45, 2.75) is 8.68 Å². The lowest BCUT2D eigenvalue weighted by Crippen LogP contribution is -2.19. The Morgan fingerprint density at radius 1 is 0.818 bits per heavy atom. The van der Waals surface area contributed by atoms with Gasteiger partial charge in [-0.15, -0.1) is 10.2 Å². The molecule has 0 aliphatic rings.